The molecule has 0 unspecified atom stereocenters. The Bertz CT molecular complexity index is 369. The Labute approximate surface area is 89.2 Å². The lowest BCUT2D eigenvalue weighted by atomic mass is 10.3. The van der Waals surface area contributed by atoms with Crippen molar-refractivity contribution in [3.8, 4) is 0 Å². The zero-order valence-corrected chi connectivity index (χ0v) is 9.57. The van der Waals surface area contributed by atoms with Gasteiger partial charge < -0.3 is 10.5 Å². The van der Waals surface area contributed by atoms with E-state index in [0.29, 0.717) is 23.7 Å². The summed E-state index contributed by atoms with van der Waals surface area (Å²) in [5, 5.41) is 4.20. The summed E-state index contributed by atoms with van der Waals surface area (Å²) in [4.78, 5) is 11.6. The molecule has 84 valence electrons. The van der Waals surface area contributed by atoms with E-state index in [0.717, 1.165) is 0 Å². The number of anilines is 1. The summed E-state index contributed by atoms with van der Waals surface area (Å²) < 4.78 is 6.53. The number of carbonyl (C=O) groups excluding carboxylic acids is 1. The number of nitrogen functional groups attached to an aromatic ring is 1. The summed E-state index contributed by atoms with van der Waals surface area (Å²) in [6, 6.07) is 0.0837. The first-order valence-corrected chi connectivity index (χ1v) is 5.00. The quantitative estimate of drug-likeness (QED) is 0.770. The Balaban J connectivity index is 3.19. The van der Waals surface area contributed by atoms with Gasteiger partial charge in [0.1, 0.15) is 0 Å². The third-order valence-electron chi connectivity index (χ3n) is 2.09. The second-order valence-electron chi connectivity index (χ2n) is 3.61. The topological polar surface area (TPSA) is 70.1 Å². The molecule has 0 radical (unpaired) electrons. The Hall–Kier alpha value is -1.52. The monoisotopic (exact) mass is 211 g/mol. The van der Waals surface area contributed by atoms with Gasteiger partial charge in [0.2, 0.25) is 0 Å². The van der Waals surface area contributed by atoms with Crippen LogP contribution in [0, 0.1) is 6.92 Å². The molecule has 2 N–H and O–H groups in total. The van der Waals surface area contributed by atoms with Crippen LogP contribution in [0.2, 0.25) is 0 Å². The van der Waals surface area contributed by atoms with Gasteiger partial charge in [0.25, 0.3) is 0 Å². The lowest BCUT2D eigenvalue weighted by Gasteiger charge is -2.10. The highest BCUT2D eigenvalue weighted by molar-refractivity contribution is 5.93. The van der Waals surface area contributed by atoms with Crippen molar-refractivity contribution in [2.45, 2.75) is 33.7 Å². The van der Waals surface area contributed by atoms with Gasteiger partial charge in [-0.25, -0.2) is 4.79 Å². The third kappa shape index (κ3) is 2.11. The van der Waals surface area contributed by atoms with E-state index in [1.165, 1.54) is 0 Å². The minimum Gasteiger partial charge on any atom is -0.461 e. The molecule has 1 aromatic heterocycles. The molecular formula is C10H17N3O2. The number of rotatable bonds is 3. The fraction of sp³-hybridized carbons (Fsp3) is 0.600. The smallest absolute Gasteiger partial charge is 0.358 e. The van der Waals surface area contributed by atoms with Crippen LogP contribution in [0.15, 0.2) is 0 Å². The second kappa shape index (κ2) is 4.33. The van der Waals surface area contributed by atoms with Gasteiger partial charge in [0, 0.05) is 6.04 Å². The zero-order chi connectivity index (χ0) is 11.6. The Morgan fingerprint density at radius 2 is 2.20 bits per heavy atom. The Kier molecular flexibility index (Phi) is 3.34. The van der Waals surface area contributed by atoms with Crippen LogP contribution in [-0.4, -0.2) is 22.4 Å². The molecule has 0 amide bonds. The number of ether oxygens (including phenoxy) is 1. The Morgan fingerprint density at radius 3 is 2.67 bits per heavy atom. The SMILES string of the molecule is CCOC(=O)c1c(N)c(C)nn1C(C)C. The molecule has 15 heavy (non-hydrogen) atoms. The number of carbonyl (C=O) groups is 1. The highest BCUT2D eigenvalue weighted by atomic mass is 16.5. The van der Waals surface area contributed by atoms with E-state index in [4.69, 9.17) is 10.5 Å². The van der Waals surface area contributed by atoms with Crippen molar-refractivity contribution in [2.75, 3.05) is 12.3 Å². The fourth-order valence-electron chi connectivity index (χ4n) is 1.34. The predicted molar refractivity (Wildman–Crippen MR) is 57.7 cm³/mol. The number of esters is 1. The first kappa shape index (κ1) is 11.6. The molecule has 1 aromatic rings. The van der Waals surface area contributed by atoms with Gasteiger partial charge in [-0.05, 0) is 27.7 Å². The number of aromatic nitrogens is 2. The van der Waals surface area contributed by atoms with E-state index >= 15 is 0 Å². The summed E-state index contributed by atoms with van der Waals surface area (Å²) in [6.45, 7) is 7.75. The molecule has 0 aliphatic carbocycles. The molecule has 0 fully saturated rings. The van der Waals surface area contributed by atoms with Crippen LogP contribution in [0.4, 0.5) is 5.69 Å². The van der Waals surface area contributed by atoms with Crippen LogP contribution in [-0.2, 0) is 4.74 Å². The third-order valence-corrected chi connectivity index (χ3v) is 2.09. The fourth-order valence-corrected chi connectivity index (χ4v) is 1.34. The van der Waals surface area contributed by atoms with Crippen molar-refractivity contribution in [3.63, 3.8) is 0 Å². The summed E-state index contributed by atoms with van der Waals surface area (Å²) >= 11 is 0. The highest BCUT2D eigenvalue weighted by Gasteiger charge is 2.22. The highest BCUT2D eigenvalue weighted by Crippen LogP contribution is 2.20. The van der Waals surface area contributed by atoms with Crippen LogP contribution < -0.4 is 5.73 Å². The maximum absolute atomic E-state index is 11.6. The van der Waals surface area contributed by atoms with E-state index in [-0.39, 0.29) is 6.04 Å². The lowest BCUT2D eigenvalue weighted by Crippen LogP contribution is -2.16. The number of nitrogens with zero attached hydrogens (tertiary/aromatic N) is 2. The summed E-state index contributed by atoms with van der Waals surface area (Å²) in [6.07, 6.45) is 0. The minimum absolute atomic E-state index is 0.0837. The molecular weight excluding hydrogens is 194 g/mol. The molecule has 0 saturated carbocycles. The van der Waals surface area contributed by atoms with Crippen LogP contribution in [0.3, 0.4) is 0 Å². The van der Waals surface area contributed by atoms with E-state index in [9.17, 15) is 4.79 Å². The van der Waals surface area contributed by atoms with E-state index in [1.807, 2.05) is 13.8 Å². The van der Waals surface area contributed by atoms with Crippen molar-refractivity contribution in [1.82, 2.24) is 9.78 Å². The van der Waals surface area contributed by atoms with Gasteiger partial charge >= 0.3 is 5.97 Å². The lowest BCUT2D eigenvalue weighted by molar-refractivity contribution is 0.0511. The van der Waals surface area contributed by atoms with Crippen molar-refractivity contribution in [1.29, 1.82) is 0 Å². The number of nitrogens with two attached hydrogens (primary N) is 1. The molecule has 1 heterocycles. The van der Waals surface area contributed by atoms with Gasteiger partial charge in [-0.3, -0.25) is 4.68 Å². The average molecular weight is 211 g/mol. The van der Waals surface area contributed by atoms with Gasteiger partial charge in [0.15, 0.2) is 5.69 Å². The standard InChI is InChI=1S/C10H17N3O2/c1-5-15-10(14)9-8(11)7(4)12-13(9)6(2)3/h6H,5,11H2,1-4H3. The molecule has 5 nitrogen and oxygen atoms in total. The number of hydrogen-bond acceptors (Lipinski definition) is 4. The molecule has 0 aliphatic heterocycles. The molecule has 5 heteroatoms. The molecule has 0 spiro atoms. The normalized spacial score (nSPS) is 10.7. The maximum atomic E-state index is 11.6. The summed E-state index contributed by atoms with van der Waals surface area (Å²) in [5.41, 5.74) is 7.20. The second-order valence-corrected chi connectivity index (χ2v) is 3.61. The molecule has 0 aromatic carbocycles. The molecule has 1 rings (SSSR count). The summed E-state index contributed by atoms with van der Waals surface area (Å²) in [5.74, 6) is -0.413. The van der Waals surface area contributed by atoms with Crippen LogP contribution >= 0.6 is 0 Å². The zero-order valence-electron chi connectivity index (χ0n) is 9.57. The molecule has 0 atom stereocenters. The van der Waals surface area contributed by atoms with Crippen LogP contribution in [0.5, 0.6) is 0 Å². The maximum Gasteiger partial charge on any atom is 0.358 e. The van der Waals surface area contributed by atoms with Crippen molar-refractivity contribution >= 4 is 11.7 Å². The largest absolute Gasteiger partial charge is 0.461 e. The van der Waals surface area contributed by atoms with Gasteiger partial charge in [-0.2, -0.15) is 5.10 Å². The first-order valence-electron chi connectivity index (χ1n) is 5.00. The van der Waals surface area contributed by atoms with Crippen LogP contribution in [0.1, 0.15) is 43.0 Å². The van der Waals surface area contributed by atoms with Crippen molar-refractivity contribution < 1.29 is 9.53 Å². The minimum atomic E-state index is -0.413. The van der Waals surface area contributed by atoms with E-state index in [2.05, 4.69) is 5.10 Å². The predicted octanol–water partition coefficient (Wildman–Crippen LogP) is 1.53. The van der Waals surface area contributed by atoms with Crippen molar-refractivity contribution in [2.24, 2.45) is 0 Å². The number of hydrogen-bond donors (Lipinski definition) is 1. The van der Waals surface area contributed by atoms with Gasteiger partial charge in [-0.1, -0.05) is 0 Å². The first-order chi connectivity index (χ1) is 6.99. The van der Waals surface area contributed by atoms with Crippen LogP contribution in [0.25, 0.3) is 0 Å². The van der Waals surface area contributed by atoms with Gasteiger partial charge in [-0.15, -0.1) is 0 Å². The van der Waals surface area contributed by atoms with E-state index in [1.54, 1.807) is 18.5 Å². The van der Waals surface area contributed by atoms with E-state index < -0.39 is 5.97 Å². The molecule has 0 bridgehead atoms. The number of aryl methyl sites for hydroxylation is 1. The summed E-state index contributed by atoms with van der Waals surface area (Å²) in [7, 11) is 0. The average Bonchev–Trinajstić information content (AvgIpc) is 2.44. The van der Waals surface area contributed by atoms with Crippen molar-refractivity contribution in [3.05, 3.63) is 11.4 Å². The van der Waals surface area contributed by atoms with Gasteiger partial charge in [0.05, 0.1) is 18.0 Å². The Morgan fingerprint density at radius 1 is 1.60 bits per heavy atom. The molecule has 0 saturated heterocycles. The molecule has 0 aliphatic rings.